The maximum absolute atomic E-state index is 12.4. The predicted octanol–water partition coefficient (Wildman–Crippen LogP) is 1.48. The zero-order valence-corrected chi connectivity index (χ0v) is 12.3. The first-order valence-electron chi connectivity index (χ1n) is 7.81. The smallest absolute Gasteiger partial charge is 0.236 e. The number of carbonyl (C=O) groups excluding carboxylic acids is 1. The molecule has 0 aromatic rings. The van der Waals surface area contributed by atoms with Crippen LogP contribution in [0.25, 0.3) is 0 Å². The van der Waals surface area contributed by atoms with Crippen molar-refractivity contribution in [3.05, 3.63) is 0 Å². The van der Waals surface area contributed by atoms with Crippen LogP contribution in [0.2, 0.25) is 0 Å². The fraction of sp³-hybridized carbons (Fsp3) is 0.933. The largest absolute Gasteiger partial charge is 0.393 e. The molecule has 1 N–H and O–H groups in total. The van der Waals surface area contributed by atoms with E-state index in [0.29, 0.717) is 18.5 Å². The van der Waals surface area contributed by atoms with Crippen molar-refractivity contribution in [3.8, 4) is 0 Å². The third kappa shape index (κ3) is 3.69. The molecule has 3 unspecified atom stereocenters. The zero-order chi connectivity index (χ0) is 13.8. The third-order valence-electron chi connectivity index (χ3n) is 4.77. The van der Waals surface area contributed by atoms with Gasteiger partial charge in [-0.25, -0.2) is 0 Å². The van der Waals surface area contributed by atoms with Gasteiger partial charge < -0.3 is 10.0 Å². The topological polar surface area (TPSA) is 43.8 Å². The highest BCUT2D eigenvalue weighted by atomic mass is 16.3. The predicted molar refractivity (Wildman–Crippen MR) is 75.9 cm³/mol. The number of rotatable bonds is 4. The molecule has 2 rings (SSSR count). The van der Waals surface area contributed by atoms with Crippen LogP contribution in [-0.4, -0.2) is 59.1 Å². The van der Waals surface area contributed by atoms with Crippen LogP contribution in [0.1, 0.15) is 46.0 Å². The Hall–Kier alpha value is -0.610. The van der Waals surface area contributed by atoms with Gasteiger partial charge in [0.2, 0.25) is 5.91 Å². The van der Waals surface area contributed by atoms with E-state index >= 15 is 0 Å². The Kier molecular flexibility index (Phi) is 5.22. The van der Waals surface area contributed by atoms with E-state index in [-0.39, 0.29) is 12.0 Å². The number of piperidine rings is 1. The summed E-state index contributed by atoms with van der Waals surface area (Å²) in [6.45, 7) is 7.33. The zero-order valence-electron chi connectivity index (χ0n) is 12.3. The van der Waals surface area contributed by atoms with Gasteiger partial charge in [0.1, 0.15) is 0 Å². The van der Waals surface area contributed by atoms with Gasteiger partial charge in [-0.3, -0.25) is 9.69 Å². The minimum absolute atomic E-state index is 0.251. The molecule has 2 fully saturated rings. The number of hydrogen-bond donors (Lipinski definition) is 1. The van der Waals surface area contributed by atoms with E-state index in [2.05, 4.69) is 16.7 Å². The van der Waals surface area contributed by atoms with Crippen LogP contribution < -0.4 is 0 Å². The van der Waals surface area contributed by atoms with Crippen molar-refractivity contribution < 1.29 is 9.90 Å². The van der Waals surface area contributed by atoms with Gasteiger partial charge in [-0.1, -0.05) is 6.92 Å². The monoisotopic (exact) mass is 268 g/mol. The SMILES string of the molecule is CCC1CCCCN1C(=O)CN1CCC(C(C)O)C1. The standard InChI is InChI=1S/C15H28N2O2/c1-3-14-6-4-5-8-17(14)15(19)11-16-9-7-13(10-16)12(2)18/h12-14,18H,3-11H2,1-2H3. The van der Waals surface area contributed by atoms with E-state index in [0.717, 1.165) is 38.9 Å². The van der Waals surface area contributed by atoms with Crippen LogP contribution in [-0.2, 0) is 4.79 Å². The van der Waals surface area contributed by atoms with Crippen molar-refractivity contribution in [2.75, 3.05) is 26.2 Å². The van der Waals surface area contributed by atoms with Crippen LogP contribution in [0.3, 0.4) is 0 Å². The van der Waals surface area contributed by atoms with Crippen LogP contribution in [0, 0.1) is 5.92 Å². The number of carbonyl (C=O) groups is 1. The van der Waals surface area contributed by atoms with E-state index in [1.165, 1.54) is 12.8 Å². The van der Waals surface area contributed by atoms with Gasteiger partial charge in [0.15, 0.2) is 0 Å². The maximum atomic E-state index is 12.4. The first-order chi connectivity index (χ1) is 9.11. The number of aliphatic hydroxyl groups excluding tert-OH is 1. The fourth-order valence-corrected chi connectivity index (χ4v) is 3.44. The van der Waals surface area contributed by atoms with Gasteiger partial charge in [0, 0.05) is 19.1 Å². The molecule has 2 aliphatic heterocycles. The molecule has 0 spiro atoms. The molecule has 4 nitrogen and oxygen atoms in total. The molecule has 4 heteroatoms. The molecular formula is C15H28N2O2. The second-order valence-electron chi connectivity index (χ2n) is 6.17. The highest BCUT2D eigenvalue weighted by Crippen LogP contribution is 2.22. The number of nitrogens with zero attached hydrogens (tertiary/aromatic N) is 2. The molecule has 0 aromatic carbocycles. The van der Waals surface area contributed by atoms with Crippen LogP contribution in [0.4, 0.5) is 0 Å². The van der Waals surface area contributed by atoms with E-state index in [4.69, 9.17) is 0 Å². The van der Waals surface area contributed by atoms with Gasteiger partial charge in [-0.05, 0) is 51.5 Å². The summed E-state index contributed by atoms with van der Waals surface area (Å²) in [4.78, 5) is 16.7. The first kappa shape index (κ1) is 14.8. The van der Waals surface area contributed by atoms with Crippen molar-refractivity contribution >= 4 is 5.91 Å². The lowest BCUT2D eigenvalue weighted by Gasteiger charge is -2.36. The van der Waals surface area contributed by atoms with Crippen LogP contribution in [0.15, 0.2) is 0 Å². The summed E-state index contributed by atoms with van der Waals surface area (Å²) in [6, 6.07) is 0.455. The summed E-state index contributed by atoms with van der Waals surface area (Å²) < 4.78 is 0. The molecule has 0 bridgehead atoms. The Labute approximate surface area is 116 Å². The lowest BCUT2D eigenvalue weighted by atomic mass is 10.00. The molecule has 0 radical (unpaired) electrons. The summed E-state index contributed by atoms with van der Waals surface area (Å²) >= 11 is 0. The molecule has 3 atom stereocenters. The van der Waals surface area contributed by atoms with E-state index in [1.54, 1.807) is 0 Å². The Morgan fingerprint density at radius 2 is 2.11 bits per heavy atom. The quantitative estimate of drug-likeness (QED) is 0.840. The van der Waals surface area contributed by atoms with Crippen molar-refractivity contribution in [2.45, 2.75) is 58.1 Å². The number of hydrogen-bond acceptors (Lipinski definition) is 3. The van der Waals surface area contributed by atoms with Gasteiger partial charge in [-0.2, -0.15) is 0 Å². The highest BCUT2D eigenvalue weighted by molar-refractivity contribution is 5.78. The van der Waals surface area contributed by atoms with Gasteiger partial charge in [-0.15, -0.1) is 0 Å². The molecule has 2 heterocycles. The van der Waals surface area contributed by atoms with Crippen LogP contribution in [0.5, 0.6) is 0 Å². The Balaban J connectivity index is 1.83. The Bertz CT molecular complexity index is 307. The van der Waals surface area contributed by atoms with E-state index in [9.17, 15) is 9.90 Å². The fourth-order valence-electron chi connectivity index (χ4n) is 3.44. The second-order valence-corrected chi connectivity index (χ2v) is 6.17. The van der Waals surface area contributed by atoms with Crippen molar-refractivity contribution in [3.63, 3.8) is 0 Å². The number of amides is 1. The highest BCUT2D eigenvalue weighted by Gasteiger charge is 2.30. The summed E-state index contributed by atoms with van der Waals surface area (Å²) in [7, 11) is 0. The molecule has 0 aromatic heterocycles. The van der Waals surface area contributed by atoms with Gasteiger partial charge >= 0.3 is 0 Å². The van der Waals surface area contributed by atoms with Crippen molar-refractivity contribution in [2.24, 2.45) is 5.92 Å². The summed E-state index contributed by atoms with van der Waals surface area (Å²) in [5, 5.41) is 9.61. The third-order valence-corrected chi connectivity index (χ3v) is 4.77. The second kappa shape index (κ2) is 6.71. The minimum Gasteiger partial charge on any atom is -0.393 e. The average Bonchev–Trinajstić information content (AvgIpc) is 2.87. The van der Waals surface area contributed by atoms with Gasteiger partial charge in [0.25, 0.3) is 0 Å². The van der Waals surface area contributed by atoms with Crippen molar-refractivity contribution in [1.82, 2.24) is 9.80 Å². The molecule has 0 saturated carbocycles. The molecule has 110 valence electrons. The number of aliphatic hydroxyl groups is 1. The first-order valence-corrected chi connectivity index (χ1v) is 7.81. The lowest BCUT2D eigenvalue weighted by molar-refractivity contribution is -0.136. The molecular weight excluding hydrogens is 240 g/mol. The molecule has 0 aliphatic carbocycles. The van der Waals surface area contributed by atoms with Gasteiger partial charge in [0.05, 0.1) is 12.6 Å². The van der Waals surface area contributed by atoms with E-state index < -0.39 is 0 Å². The summed E-state index contributed by atoms with van der Waals surface area (Å²) in [6.07, 6.45) is 5.41. The molecule has 19 heavy (non-hydrogen) atoms. The summed E-state index contributed by atoms with van der Waals surface area (Å²) in [5.41, 5.74) is 0. The lowest BCUT2D eigenvalue weighted by Crippen LogP contribution is -2.47. The number of likely N-dealkylation sites (tertiary alicyclic amines) is 2. The Morgan fingerprint density at radius 1 is 1.32 bits per heavy atom. The normalized spacial score (nSPS) is 30.6. The van der Waals surface area contributed by atoms with Crippen molar-refractivity contribution in [1.29, 1.82) is 0 Å². The Morgan fingerprint density at radius 3 is 2.74 bits per heavy atom. The average molecular weight is 268 g/mol. The molecule has 2 aliphatic rings. The van der Waals surface area contributed by atoms with E-state index in [1.807, 2.05) is 6.92 Å². The minimum atomic E-state index is -0.251. The molecule has 1 amide bonds. The molecule has 2 saturated heterocycles. The van der Waals surface area contributed by atoms with Crippen LogP contribution >= 0.6 is 0 Å². The maximum Gasteiger partial charge on any atom is 0.236 e. The summed E-state index contributed by atoms with van der Waals surface area (Å²) in [5.74, 6) is 0.633.